The van der Waals surface area contributed by atoms with Crippen molar-refractivity contribution in [2.24, 2.45) is 0 Å². The molecule has 0 aliphatic carbocycles. The second-order valence-corrected chi connectivity index (χ2v) is 7.15. The molecule has 2 aromatic carbocycles. The van der Waals surface area contributed by atoms with Gasteiger partial charge >= 0.3 is 0 Å². The number of rotatable bonds is 4. The average molecular weight is 390 g/mol. The second kappa shape index (κ2) is 8.31. The number of nitrogens with zero attached hydrogens (tertiary/aromatic N) is 3. The van der Waals surface area contributed by atoms with E-state index < -0.39 is 0 Å². The summed E-state index contributed by atoms with van der Waals surface area (Å²) < 4.78 is 14.0. The molecule has 2 heterocycles. The molecule has 0 radical (unpaired) electrons. The number of carbonyl (C=O) groups excluding carboxylic acids is 1. The van der Waals surface area contributed by atoms with Crippen molar-refractivity contribution in [2.75, 3.05) is 41.3 Å². The molecule has 29 heavy (non-hydrogen) atoms. The fourth-order valence-electron chi connectivity index (χ4n) is 3.54. The number of anilines is 3. The van der Waals surface area contributed by atoms with Crippen molar-refractivity contribution in [2.45, 2.75) is 6.92 Å². The van der Waals surface area contributed by atoms with Gasteiger partial charge in [-0.05, 0) is 43.3 Å². The fraction of sp³-hybridized carbons (Fsp3) is 0.217. The van der Waals surface area contributed by atoms with Gasteiger partial charge in [0.2, 0.25) is 0 Å². The summed E-state index contributed by atoms with van der Waals surface area (Å²) in [4.78, 5) is 21.0. The van der Waals surface area contributed by atoms with Crippen molar-refractivity contribution >= 4 is 23.1 Å². The van der Waals surface area contributed by atoms with E-state index in [9.17, 15) is 9.18 Å². The zero-order chi connectivity index (χ0) is 20.2. The van der Waals surface area contributed by atoms with E-state index >= 15 is 0 Å². The smallest absolute Gasteiger partial charge is 0.256 e. The first kappa shape index (κ1) is 18.9. The normalized spacial score (nSPS) is 14.0. The third kappa shape index (κ3) is 4.37. The molecule has 0 atom stereocenters. The monoisotopic (exact) mass is 390 g/mol. The molecule has 0 unspecified atom stereocenters. The summed E-state index contributed by atoms with van der Waals surface area (Å²) in [6.45, 7) is 5.01. The van der Waals surface area contributed by atoms with Gasteiger partial charge in [0, 0.05) is 31.7 Å². The first-order valence-corrected chi connectivity index (χ1v) is 9.69. The molecule has 1 amide bonds. The molecule has 1 fully saturated rings. The maximum Gasteiger partial charge on any atom is 0.256 e. The van der Waals surface area contributed by atoms with Crippen LogP contribution in [-0.2, 0) is 0 Å². The number of para-hydroxylation sites is 1. The molecule has 5 nitrogen and oxygen atoms in total. The van der Waals surface area contributed by atoms with Gasteiger partial charge in [-0.1, -0.05) is 29.8 Å². The minimum Gasteiger partial charge on any atom is -0.367 e. The molecule has 1 aliphatic heterocycles. The van der Waals surface area contributed by atoms with Crippen LogP contribution in [0, 0.1) is 12.7 Å². The Hall–Kier alpha value is -3.41. The largest absolute Gasteiger partial charge is 0.367 e. The minimum absolute atomic E-state index is 0.174. The van der Waals surface area contributed by atoms with Crippen LogP contribution in [0.2, 0.25) is 0 Å². The van der Waals surface area contributed by atoms with Crippen molar-refractivity contribution in [1.82, 2.24) is 4.98 Å². The van der Waals surface area contributed by atoms with Crippen LogP contribution in [0.3, 0.4) is 0 Å². The number of hydrogen-bond acceptors (Lipinski definition) is 4. The van der Waals surface area contributed by atoms with E-state index in [-0.39, 0.29) is 11.7 Å². The number of hydrogen-bond donors (Lipinski definition) is 1. The molecule has 1 saturated heterocycles. The van der Waals surface area contributed by atoms with E-state index in [0.29, 0.717) is 17.1 Å². The molecule has 1 aromatic heterocycles. The van der Waals surface area contributed by atoms with Crippen LogP contribution in [0.4, 0.5) is 21.6 Å². The lowest BCUT2D eigenvalue weighted by atomic mass is 10.1. The lowest BCUT2D eigenvalue weighted by molar-refractivity contribution is 0.102. The molecule has 148 valence electrons. The standard InChI is InChI=1S/C23H23FN4O/c1-17-5-4-6-18(15-17)23(29)26-22-10-9-19(16-25-22)27-11-13-28(14-12-27)21-8-3-2-7-20(21)24/h2-10,15-16H,11-14H2,1H3,(H,25,26,29). The summed E-state index contributed by atoms with van der Waals surface area (Å²) in [6.07, 6.45) is 1.77. The summed E-state index contributed by atoms with van der Waals surface area (Å²) in [5, 5.41) is 2.83. The van der Waals surface area contributed by atoms with E-state index in [0.717, 1.165) is 37.4 Å². The third-order valence-corrected chi connectivity index (χ3v) is 5.11. The van der Waals surface area contributed by atoms with Crippen molar-refractivity contribution in [3.63, 3.8) is 0 Å². The first-order chi connectivity index (χ1) is 14.1. The van der Waals surface area contributed by atoms with Crippen LogP contribution in [-0.4, -0.2) is 37.1 Å². The average Bonchev–Trinajstić information content (AvgIpc) is 2.75. The summed E-state index contributed by atoms with van der Waals surface area (Å²) in [5.74, 6) is 0.161. The van der Waals surface area contributed by atoms with E-state index in [4.69, 9.17) is 0 Å². The zero-order valence-electron chi connectivity index (χ0n) is 16.3. The highest BCUT2D eigenvalue weighted by atomic mass is 19.1. The van der Waals surface area contributed by atoms with Crippen LogP contribution in [0.5, 0.6) is 0 Å². The predicted octanol–water partition coefficient (Wildman–Crippen LogP) is 4.11. The van der Waals surface area contributed by atoms with Gasteiger partial charge in [-0.25, -0.2) is 9.37 Å². The SMILES string of the molecule is Cc1cccc(C(=O)Nc2ccc(N3CCN(c4ccccc4F)CC3)cn2)c1. The van der Waals surface area contributed by atoms with E-state index in [1.807, 2.05) is 49.4 Å². The highest BCUT2D eigenvalue weighted by Crippen LogP contribution is 2.23. The summed E-state index contributed by atoms with van der Waals surface area (Å²) in [5.41, 5.74) is 3.29. The number of piperazine rings is 1. The Balaban J connectivity index is 1.36. The highest BCUT2D eigenvalue weighted by molar-refractivity contribution is 6.03. The van der Waals surface area contributed by atoms with Crippen molar-refractivity contribution in [3.05, 3.63) is 83.8 Å². The molecular weight excluding hydrogens is 367 g/mol. The van der Waals surface area contributed by atoms with Gasteiger partial charge in [-0.3, -0.25) is 4.79 Å². The Labute approximate surface area is 169 Å². The van der Waals surface area contributed by atoms with Gasteiger partial charge in [0.1, 0.15) is 11.6 Å². The third-order valence-electron chi connectivity index (χ3n) is 5.11. The number of halogens is 1. The summed E-state index contributed by atoms with van der Waals surface area (Å²) in [6, 6.07) is 18.1. The van der Waals surface area contributed by atoms with Crippen LogP contribution >= 0.6 is 0 Å². The number of pyridine rings is 1. The Bertz CT molecular complexity index is 998. The van der Waals surface area contributed by atoms with Gasteiger partial charge in [-0.15, -0.1) is 0 Å². The fourth-order valence-corrected chi connectivity index (χ4v) is 3.54. The van der Waals surface area contributed by atoms with Gasteiger partial charge in [0.25, 0.3) is 5.91 Å². The number of aromatic nitrogens is 1. The van der Waals surface area contributed by atoms with E-state index in [2.05, 4.69) is 20.1 Å². The Morgan fingerprint density at radius 1 is 0.966 bits per heavy atom. The van der Waals surface area contributed by atoms with Gasteiger partial charge in [-0.2, -0.15) is 0 Å². The Kier molecular flexibility index (Phi) is 5.42. The Morgan fingerprint density at radius 2 is 1.72 bits per heavy atom. The molecule has 1 aliphatic rings. The van der Waals surface area contributed by atoms with Crippen molar-refractivity contribution < 1.29 is 9.18 Å². The maximum atomic E-state index is 14.0. The molecule has 0 bridgehead atoms. The summed E-state index contributed by atoms with van der Waals surface area (Å²) in [7, 11) is 0. The van der Waals surface area contributed by atoms with Crippen molar-refractivity contribution in [1.29, 1.82) is 0 Å². The van der Waals surface area contributed by atoms with E-state index in [1.54, 1.807) is 18.3 Å². The quantitative estimate of drug-likeness (QED) is 0.728. The molecule has 3 aromatic rings. The predicted molar refractivity (Wildman–Crippen MR) is 114 cm³/mol. The number of aryl methyl sites for hydroxylation is 1. The zero-order valence-corrected chi connectivity index (χ0v) is 16.3. The van der Waals surface area contributed by atoms with Crippen LogP contribution in [0.15, 0.2) is 66.9 Å². The number of carbonyl (C=O) groups is 1. The molecule has 6 heteroatoms. The topological polar surface area (TPSA) is 48.5 Å². The number of benzene rings is 2. The molecule has 4 rings (SSSR count). The van der Waals surface area contributed by atoms with Crippen molar-refractivity contribution in [3.8, 4) is 0 Å². The van der Waals surface area contributed by atoms with Gasteiger partial charge in [0.05, 0.1) is 17.6 Å². The van der Waals surface area contributed by atoms with Crippen LogP contribution in [0.25, 0.3) is 0 Å². The van der Waals surface area contributed by atoms with Crippen LogP contribution in [0.1, 0.15) is 15.9 Å². The van der Waals surface area contributed by atoms with Crippen LogP contribution < -0.4 is 15.1 Å². The lowest BCUT2D eigenvalue weighted by Crippen LogP contribution is -2.46. The molecule has 1 N–H and O–H groups in total. The number of nitrogens with one attached hydrogen (secondary N) is 1. The van der Waals surface area contributed by atoms with Gasteiger partial charge < -0.3 is 15.1 Å². The first-order valence-electron chi connectivity index (χ1n) is 9.69. The minimum atomic E-state index is -0.184. The molecule has 0 spiro atoms. The Morgan fingerprint density at radius 3 is 2.41 bits per heavy atom. The van der Waals surface area contributed by atoms with Gasteiger partial charge in [0.15, 0.2) is 0 Å². The maximum absolute atomic E-state index is 14.0. The lowest BCUT2D eigenvalue weighted by Gasteiger charge is -2.37. The van der Waals surface area contributed by atoms with E-state index in [1.165, 1.54) is 6.07 Å². The molecule has 0 saturated carbocycles. The second-order valence-electron chi connectivity index (χ2n) is 7.15. The number of amides is 1. The molecular formula is C23H23FN4O. The summed E-state index contributed by atoms with van der Waals surface area (Å²) >= 11 is 0. The highest BCUT2D eigenvalue weighted by Gasteiger charge is 2.19.